The summed E-state index contributed by atoms with van der Waals surface area (Å²) in [7, 11) is 0. The number of carboxylic acids is 4. The van der Waals surface area contributed by atoms with Gasteiger partial charge in [0.15, 0.2) is 0 Å². The highest BCUT2D eigenvalue weighted by atomic mass is 32.1. The maximum absolute atomic E-state index is 9.99. The summed E-state index contributed by atoms with van der Waals surface area (Å²) in [5.41, 5.74) is 14.5. The van der Waals surface area contributed by atoms with Crippen molar-refractivity contribution in [3.8, 4) is 0 Å². The number of thiol groups is 1. The van der Waals surface area contributed by atoms with Crippen molar-refractivity contribution in [3.63, 3.8) is 0 Å². The van der Waals surface area contributed by atoms with Crippen molar-refractivity contribution in [2.75, 3.05) is 12.3 Å². The van der Waals surface area contributed by atoms with Gasteiger partial charge >= 0.3 is 23.9 Å². The minimum atomic E-state index is -1.17. The second-order valence-electron chi connectivity index (χ2n) is 3.60. The number of carboxylic acid groups (broad SMARTS) is 4. The fourth-order valence-electron chi connectivity index (χ4n) is 0.481. The van der Waals surface area contributed by atoms with E-state index in [4.69, 9.17) is 31.9 Å². The summed E-state index contributed by atoms with van der Waals surface area (Å²) >= 11 is 3.65. The lowest BCUT2D eigenvalue weighted by Crippen LogP contribution is -2.31. The molecule has 0 aliphatic rings. The van der Waals surface area contributed by atoms with Crippen LogP contribution in [-0.4, -0.2) is 68.7 Å². The monoisotopic (exact) mass is 343 g/mol. The van der Waals surface area contributed by atoms with Gasteiger partial charge in [-0.05, 0) is 6.42 Å². The molecule has 0 aromatic heterocycles. The summed E-state index contributed by atoms with van der Waals surface area (Å²) in [6, 6.07) is -1.88. The Morgan fingerprint density at radius 3 is 1.36 bits per heavy atom. The van der Waals surface area contributed by atoms with Gasteiger partial charge < -0.3 is 37.6 Å². The Morgan fingerprint density at radius 1 is 0.864 bits per heavy atom. The third kappa shape index (κ3) is 23.2. The Kier molecular flexibility index (Phi) is 17.7. The SMILES string of the molecule is NC(CCC(=O)O)C(=O)O.NC(CS)C(=O)O.NCC(=O)O. The van der Waals surface area contributed by atoms with Gasteiger partial charge in [0.1, 0.15) is 12.1 Å². The second kappa shape index (κ2) is 15.5. The van der Waals surface area contributed by atoms with Crippen molar-refractivity contribution < 1.29 is 39.6 Å². The van der Waals surface area contributed by atoms with E-state index in [0.29, 0.717) is 0 Å². The number of carbonyl (C=O) groups is 4. The second-order valence-corrected chi connectivity index (χ2v) is 3.97. The van der Waals surface area contributed by atoms with E-state index in [2.05, 4.69) is 18.4 Å². The quantitative estimate of drug-likeness (QED) is 0.227. The summed E-state index contributed by atoms with van der Waals surface area (Å²) < 4.78 is 0. The zero-order valence-corrected chi connectivity index (χ0v) is 12.5. The van der Waals surface area contributed by atoms with E-state index in [-0.39, 0.29) is 25.1 Å². The summed E-state index contributed by atoms with van der Waals surface area (Å²) in [4.78, 5) is 38.9. The molecule has 0 aromatic carbocycles. The predicted molar refractivity (Wildman–Crippen MR) is 78.6 cm³/mol. The Balaban J connectivity index is -0.000000263. The van der Waals surface area contributed by atoms with Crippen molar-refractivity contribution in [1.29, 1.82) is 0 Å². The van der Waals surface area contributed by atoms with E-state index in [9.17, 15) is 19.2 Å². The Hall–Kier alpha value is -1.89. The normalized spacial score (nSPS) is 11.6. The molecule has 0 aliphatic heterocycles. The van der Waals surface area contributed by atoms with Crippen LogP contribution in [-0.2, 0) is 19.2 Å². The van der Waals surface area contributed by atoms with Crippen LogP contribution in [0.4, 0.5) is 0 Å². The molecule has 2 unspecified atom stereocenters. The topological polar surface area (TPSA) is 227 Å². The number of rotatable bonds is 7. The molecule has 0 heterocycles. The van der Waals surface area contributed by atoms with Gasteiger partial charge in [0.25, 0.3) is 0 Å². The molecular formula is C10H21N3O8S. The first-order valence-electron chi connectivity index (χ1n) is 5.70. The van der Waals surface area contributed by atoms with Crippen molar-refractivity contribution >= 4 is 36.5 Å². The molecule has 0 saturated heterocycles. The van der Waals surface area contributed by atoms with Gasteiger partial charge in [-0.3, -0.25) is 19.2 Å². The number of hydrogen-bond donors (Lipinski definition) is 8. The highest BCUT2D eigenvalue weighted by Gasteiger charge is 2.12. The van der Waals surface area contributed by atoms with E-state index < -0.39 is 36.0 Å². The summed E-state index contributed by atoms with van der Waals surface area (Å²) in [5, 5.41) is 31.9. The largest absolute Gasteiger partial charge is 0.481 e. The maximum atomic E-state index is 9.99. The van der Waals surface area contributed by atoms with Gasteiger partial charge in [-0.25, -0.2) is 0 Å². The van der Waals surface area contributed by atoms with Crippen LogP contribution in [0.1, 0.15) is 12.8 Å². The molecule has 12 heteroatoms. The lowest BCUT2D eigenvalue weighted by Gasteiger charge is -2.01. The van der Waals surface area contributed by atoms with Crippen LogP contribution in [0, 0.1) is 0 Å². The van der Waals surface area contributed by atoms with E-state index in [1.165, 1.54) is 0 Å². The zero-order valence-electron chi connectivity index (χ0n) is 11.6. The molecule has 2 atom stereocenters. The minimum absolute atomic E-state index is 0.0231. The third-order valence-corrected chi connectivity index (χ3v) is 2.07. The van der Waals surface area contributed by atoms with Crippen molar-refractivity contribution in [1.82, 2.24) is 0 Å². The lowest BCUT2D eigenvalue weighted by atomic mass is 10.2. The first kappa shape index (κ1) is 25.1. The number of hydrogen-bond acceptors (Lipinski definition) is 8. The molecule has 0 bridgehead atoms. The molecule has 0 radical (unpaired) electrons. The predicted octanol–water partition coefficient (Wildman–Crippen LogP) is -2.38. The van der Waals surface area contributed by atoms with Crippen molar-refractivity contribution in [2.24, 2.45) is 17.2 Å². The fraction of sp³-hybridized carbons (Fsp3) is 0.600. The first-order chi connectivity index (χ1) is 9.99. The van der Waals surface area contributed by atoms with Crippen LogP contribution in [0.15, 0.2) is 0 Å². The van der Waals surface area contributed by atoms with Gasteiger partial charge in [-0.2, -0.15) is 12.6 Å². The van der Waals surface area contributed by atoms with Crippen LogP contribution in [0.3, 0.4) is 0 Å². The molecule has 11 nitrogen and oxygen atoms in total. The van der Waals surface area contributed by atoms with E-state index in [1.807, 2.05) is 0 Å². The fourth-order valence-corrected chi connectivity index (χ4v) is 0.637. The highest BCUT2D eigenvalue weighted by molar-refractivity contribution is 7.80. The Labute approximate surface area is 131 Å². The zero-order chi connectivity index (χ0) is 18.3. The molecule has 0 rings (SSSR count). The molecule has 0 fully saturated rings. The van der Waals surface area contributed by atoms with Crippen molar-refractivity contribution in [3.05, 3.63) is 0 Å². The Morgan fingerprint density at radius 2 is 1.23 bits per heavy atom. The average molecular weight is 343 g/mol. The number of nitrogens with two attached hydrogens (primary N) is 3. The first-order valence-corrected chi connectivity index (χ1v) is 6.34. The molecule has 0 spiro atoms. The summed E-state index contributed by atoms with van der Waals surface area (Å²) in [5.74, 6) is -3.98. The van der Waals surface area contributed by atoms with Crippen LogP contribution in [0.25, 0.3) is 0 Å². The molecule has 22 heavy (non-hydrogen) atoms. The molecule has 130 valence electrons. The molecule has 0 aromatic rings. The van der Waals surface area contributed by atoms with E-state index in [0.717, 1.165) is 0 Å². The smallest absolute Gasteiger partial charge is 0.321 e. The molecule has 10 N–H and O–H groups in total. The van der Waals surface area contributed by atoms with Crippen molar-refractivity contribution in [2.45, 2.75) is 24.9 Å². The van der Waals surface area contributed by atoms with Gasteiger partial charge in [-0.1, -0.05) is 0 Å². The Bertz CT molecular complexity index is 366. The molecule has 0 aliphatic carbocycles. The van der Waals surface area contributed by atoms with Crippen LogP contribution in [0.2, 0.25) is 0 Å². The van der Waals surface area contributed by atoms with Gasteiger partial charge in [0.05, 0.1) is 6.54 Å². The average Bonchev–Trinajstić information content (AvgIpc) is 2.44. The minimum Gasteiger partial charge on any atom is -0.481 e. The summed E-state index contributed by atoms with van der Waals surface area (Å²) in [6.45, 7) is -0.278. The standard InChI is InChI=1S/C5H9NO4.C3H7NO2S.C2H5NO2/c6-3(5(9)10)1-2-4(7)8;4-2(1-7)3(5)6;3-1-2(4)5/h3H,1-2,6H2,(H,7,8)(H,9,10);2,7H,1,4H2,(H,5,6);1,3H2,(H,4,5). The highest BCUT2D eigenvalue weighted by Crippen LogP contribution is 1.93. The van der Waals surface area contributed by atoms with Gasteiger partial charge in [0, 0.05) is 12.2 Å². The summed E-state index contributed by atoms with van der Waals surface area (Å²) in [6.07, 6.45) is -0.224. The number of aliphatic carboxylic acids is 4. The molecule has 0 saturated carbocycles. The molecule has 0 amide bonds. The van der Waals surface area contributed by atoms with Crippen LogP contribution in [0.5, 0.6) is 0 Å². The molecular weight excluding hydrogens is 322 g/mol. The van der Waals surface area contributed by atoms with E-state index >= 15 is 0 Å². The van der Waals surface area contributed by atoms with Gasteiger partial charge in [0.2, 0.25) is 0 Å². The maximum Gasteiger partial charge on any atom is 0.321 e. The third-order valence-electron chi connectivity index (χ3n) is 1.67. The lowest BCUT2D eigenvalue weighted by molar-refractivity contribution is -0.140. The van der Waals surface area contributed by atoms with E-state index in [1.54, 1.807) is 0 Å². The van der Waals surface area contributed by atoms with Crippen LogP contribution >= 0.6 is 12.6 Å². The van der Waals surface area contributed by atoms with Crippen LogP contribution < -0.4 is 17.2 Å². The van der Waals surface area contributed by atoms with Gasteiger partial charge in [-0.15, -0.1) is 0 Å².